The molecule has 0 aliphatic heterocycles. The second-order valence-corrected chi connectivity index (χ2v) is 5.03. The van der Waals surface area contributed by atoms with Gasteiger partial charge in [0.05, 0.1) is 5.56 Å². The Morgan fingerprint density at radius 2 is 1.92 bits per heavy atom. The van der Waals surface area contributed by atoms with E-state index in [0.29, 0.717) is 0 Å². The summed E-state index contributed by atoms with van der Waals surface area (Å²) >= 11 is 6.00. The zero-order valence-corrected chi connectivity index (χ0v) is 8.55. The lowest BCUT2D eigenvalue weighted by molar-refractivity contribution is 1.68. The first-order valence-electron chi connectivity index (χ1n) is 3.49. The first-order chi connectivity index (χ1) is 5.88. The van der Waals surface area contributed by atoms with Crippen molar-refractivity contribution in [1.29, 1.82) is 0 Å². The van der Waals surface area contributed by atoms with Crippen LogP contribution in [0.2, 0.25) is 4.34 Å². The number of hydrogen-bond acceptors (Lipinski definition) is 1. The van der Waals surface area contributed by atoms with E-state index in [4.69, 9.17) is 11.6 Å². The average Bonchev–Trinajstić information content (AvgIpc) is 2.53. The Morgan fingerprint density at radius 3 is 2.50 bits per heavy atom. The topological polar surface area (TPSA) is 0 Å². The third-order valence-corrected chi connectivity index (χ3v) is 4.17. The molecule has 12 heavy (non-hydrogen) atoms. The van der Waals surface area contributed by atoms with Crippen LogP contribution in [0.3, 0.4) is 0 Å². The molecule has 0 unspecified atom stereocenters. The van der Waals surface area contributed by atoms with Gasteiger partial charge in [0, 0.05) is 0 Å². The Bertz CT molecular complexity index is 367. The van der Waals surface area contributed by atoms with Gasteiger partial charge < -0.3 is 0 Å². The monoisotopic (exact) mass is 213 g/mol. The molecule has 0 amide bonds. The van der Waals surface area contributed by atoms with Crippen molar-refractivity contribution >= 4 is 32.3 Å². The van der Waals surface area contributed by atoms with Crippen molar-refractivity contribution in [2.45, 2.75) is 0 Å². The Hall–Kier alpha value is -0.440. The minimum Gasteiger partial charge on any atom is -0.0663 e. The summed E-state index contributed by atoms with van der Waals surface area (Å²) < 4.78 is 0.881. The van der Waals surface area contributed by atoms with Gasteiger partial charge in [-0.3, -0.25) is 0 Å². The Morgan fingerprint density at radius 1 is 1.17 bits per heavy atom. The summed E-state index contributed by atoms with van der Waals surface area (Å²) in [4.78, 5) is 0. The molecule has 0 saturated carbocycles. The molecule has 0 atom stereocenters. The largest absolute Gasteiger partial charge is 0.293 e. The fourth-order valence-corrected chi connectivity index (χ4v) is 3.34. The molecule has 0 aliphatic carbocycles. The summed E-state index contributed by atoms with van der Waals surface area (Å²) in [5, 5.41) is 2.09. The smallest absolute Gasteiger partial charge is 0.0663 e. The van der Waals surface area contributed by atoms with Gasteiger partial charge in [-0.05, 0) is 5.56 Å². The normalized spacial score (nSPS) is 10.1. The number of hydrogen-bond donors (Lipinski definition) is 0. The van der Waals surface area contributed by atoms with Crippen LogP contribution in [0.5, 0.6) is 0 Å². The molecule has 0 nitrogen and oxygen atoms in total. The van der Waals surface area contributed by atoms with Crippen LogP contribution in [0.15, 0.2) is 35.7 Å². The number of halogens is 1. The lowest BCUT2D eigenvalue weighted by Gasteiger charge is -1.92. The van der Waals surface area contributed by atoms with Crippen LogP contribution in [0, 0.1) is 0 Å². The minimum atomic E-state index is 0.881. The minimum absolute atomic E-state index is 0.881. The van der Waals surface area contributed by atoms with Gasteiger partial charge in [-0.15, -0.1) is 0 Å². The van der Waals surface area contributed by atoms with E-state index in [1.807, 2.05) is 18.2 Å². The van der Waals surface area contributed by atoms with Gasteiger partial charge in [0.25, 0.3) is 10.3 Å². The molecular weight excluding hydrogens is 208 g/mol. The highest BCUT2D eigenvalue weighted by atomic mass is 35.5. The fraction of sp³-hybridized carbons (Fsp3) is 0. The van der Waals surface area contributed by atoms with Gasteiger partial charge in [-0.1, -0.05) is 41.9 Å². The highest BCUT2D eigenvalue weighted by molar-refractivity contribution is 7.70. The molecule has 60 valence electrons. The molecule has 2 aromatic rings. The summed E-state index contributed by atoms with van der Waals surface area (Å²) in [7, 11) is 3.28. The average molecular weight is 214 g/mol. The molecule has 0 bridgehead atoms. The lowest BCUT2D eigenvalue weighted by atomic mass is 10.1. The molecule has 3 heteroatoms. The van der Waals surface area contributed by atoms with Crippen molar-refractivity contribution in [3.63, 3.8) is 0 Å². The van der Waals surface area contributed by atoms with Crippen molar-refractivity contribution in [2.75, 3.05) is 0 Å². The first kappa shape index (κ1) is 8.17. The molecular formula is C9H6ClS2+. The van der Waals surface area contributed by atoms with Crippen molar-refractivity contribution in [2.24, 2.45) is 0 Å². The van der Waals surface area contributed by atoms with Crippen LogP contribution >= 0.6 is 32.3 Å². The van der Waals surface area contributed by atoms with Gasteiger partial charge in [0.1, 0.15) is 0 Å². The summed E-state index contributed by atoms with van der Waals surface area (Å²) in [6, 6.07) is 10.2. The number of benzene rings is 1. The van der Waals surface area contributed by atoms with Crippen molar-refractivity contribution in [1.82, 2.24) is 0 Å². The first-order valence-corrected chi connectivity index (χ1v) is 6.09. The van der Waals surface area contributed by atoms with E-state index in [-0.39, 0.29) is 0 Å². The summed E-state index contributed by atoms with van der Waals surface area (Å²) in [6.45, 7) is 0. The molecule has 0 N–H and O–H groups in total. The van der Waals surface area contributed by atoms with E-state index in [9.17, 15) is 0 Å². The maximum atomic E-state index is 6.00. The van der Waals surface area contributed by atoms with Crippen LogP contribution < -0.4 is 0 Å². The Labute approximate surface area is 83.5 Å². The van der Waals surface area contributed by atoms with Crippen LogP contribution in [0.25, 0.3) is 11.1 Å². The van der Waals surface area contributed by atoms with E-state index in [1.54, 1.807) is 20.7 Å². The van der Waals surface area contributed by atoms with Crippen LogP contribution in [0.1, 0.15) is 0 Å². The standard InChI is InChI=1S/C9H6ClS2/c10-9-8(6-11-12-9)7-4-2-1-3-5-7/h1-6H/q+1. The van der Waals surface area contributed by atoms with E-state index in [1.165, 1.54) is 5.56 Å². The molecule has 0 saturated heterocycles. The molecule has 2 rings (SSSR count). The zero-order valence-electron chi connectivity index (χ0n) is 6.16. The maximum Gasteiger partial charge on any atom is 0.293 e. The van der Waals surface area contributed by atoms with E-state index in [0.717, 1.165) is 9.90 Å². The SMILES string of the molecule is Clc1s[s+]cc1-c1ccccc1. The summed E-state index contributed by atoms with van der Waals surface area (Å²) in [5.41, 5.74) is 2.34. The molecule has 0 aliphatic rings. The molecule has 1 aromatic heterocycles. The lowest BCUT2D eigenvalue weighted by Crippen LogP contribution is -1.70. The van der Waals surface area contributed by atoms with Gasteiger partial charge in [0.2, 0.25) is 5.38 Å². The quantitative estimate of drug-likeness (QED) is 0.486. The van der Waals surface area contributed by atoms with E-state index < -0.39 is 0 Å². The third-order valence-electron chi connectivity index (χ3n) is 1.58. The molecule has 0 radical (unpaired) electrons. The third kappa shape index (κ3) is 1.51. The van der Waals surface area contributed by atoms with Crippen molar-refractivity contribution < 1.29 is 0 Å². The van der Waals surface area contributed by atoms with Crippen LogP contribution in [-0.2, 0) is 0 Å². The molecule has 0 spiro atoms. The van der Waals surface area contributed by atoms with Gasteiger partial charge in [-0.25, -0.2) is 0 Å². The summed E-state index contributed by atoms with van der Waals surface area (Å²) in [6.07, 6.45) is 0. The second-order valence-electron chi connectivity index (χ2n) is 2.35. The van der Waals surface area contributed by atoms with Gasteiger partial charge >= 0.3 is 0 Å². The van der Waals surface area contributed by atoms with Crippen molar-refractivity contribution in [3.8, 4) is 11.1 Å². The molecule has 1 heterocycles. The predicted molar refractivity (Wildman–Crippen MR) is 57.0 cm³/mol. The maximum absolute atomic E-state index is 6.00. The highest BCUT2D eigenvalue weighted by Crippen LogP contribution is 2.35. The fourth-order valence-electron chi connectivity index (χ4n) is 1.00. The molecule has 1 aromatic carbocycles. The highest BCUT2D eigenvalue weighted by Gasteiger charge is 2.11. The number of rotatable bonds is 1. The van der Waals surface area contributed by atoms with Gasteiger partial charge in [0.15, 0.2) is 14.7 Å². The summed E-state index contributed by atoms with van der Waals surface area (Å²) in [5.74, 6) is 0. The van der Waals surface area contributed by atoms with Crippen molar-refractivity contribution in [3.05, 3.63) is 40.0 Å². The van der Waals surface area contributed by atoms with E-state index >= 15 is 0 Å². The Balaban J connectivity index is 2.51. The Kier molecular flexibility index (Phi) is 2.40. The van der Waals surface area contributed by atoms with Crippen LogP contribution in [-0.4, -0.2) is 0 Å². The van der Waals surface area contributed by atoms with E-state index in [2.05, 4.69) is 17.5 Å². The van der Waals surface area contributed by atoms with Gasteiger partial charge in [-0.2, -0.15) is 0 Å². The second kappa shape index (κ2) is 3.52. The molecule has 0 fully saturated rings. The zero-order chi connectivity index (χ0) is 8.39. The van der Waals surface area contributed by atoms with Crippen LogP contribution in [0.4, 0.5) is 0 Å². The predicted octanol–water partition coefficient (Wildman–Crippen LogP) is 4.41.